The summed E-state index contributed by atoms with van der Waals surface area (Å²) in [7, 11) is 0. The molecule has 19 heavy (non-hydrogen) atoms. The Kier molecular flexibility index (Phi) is 4.67. The van der Waals surface area contributed by atoms with Crippen LogP contribution in [-0.4, -0.2) is 10.6 Å². The van der Waals surface area contributed by atoms with E-state index in [4.69, 9.17) is 11.6 Å². The molecule has 0 atom stereocenters. The molecule has 0 bridgehead atoms. The number of benzene rings is 1. The first-order valence-electron chi connectivity index (χ1n) is 6.68. The molecule has 0 fully saturated rings. The van der Waals surface area contributed by atoms with Gasteiger partial charge in [0.05, 0.1) is 0 Å². The minimum Gasteiger partial charge on any atom is -0.346 e. The van der Waals surface area contributed by atoms with E-state index in [1.807, 2.05) is 6.07 Å². The highest BCUT2D eigenvalue weighted by atomic mass is 35.5. The van der Waals surface area contributed by atoms with Gasteiger partial charge in [0, 0.05) is 36.0 Å². The zero-order chi connectivity index (χ0) is 13.8. The molecule has 2 nitrogen and oxygen atoms in total. The number of hydrogen-bond acceptors (Lipinski definition) is 1. The standard InChI is InChI=1S/C16H21ClN2/c1-12(2)18-10-15-5-4-8-19(15)11-14-7-6-13(3)9-16(14)17/h4-9,12,18H,10-11H2,1-3H3. The molecule has 1 aromatic carbocycles. The third-order valence-corrected chi connectivity index (χ3v) is 3.52. The van der Waals surface area contributed by atoms with Crippen LogP contribution in [0.15, 0.2) is 36.5 Å². The fraction of sp³-hybridized carbons (Fsp3) is 0.375. The van der Waals surface area contributed by atoms with E-state index in [9.17, 15) is 0 Å². The van der Waals surface area contributed by atoms with Crippen molar-refractivity contribution in [2.24, 2.45) is 0 Å². The molecule has 3 heteroatoms. The van der Waals surface area contributed by atoms with Crippen molar-refractivity contribution in [3.63, 3.8) is 0 Å². The topological polar surface area (TPSA) is 17.0 Å². The zero-order valence-corrected chi connectivity index (χ0v) is 12.5. The van der Waals surface area contributed by atoms with Crippen LogP contribution in [0.25, 0.3) is 0 Å². The van der Waals surface area contributed by atoms with E-state index in [1.165, 1.54) is 11.3 Å². The lowest BCUT2D eigenvalue weighted by atomic mass is 10.1. The summed E-state index contributed by atoms with van der Waals surface area (Å²) >= 11 is 6.30. The van der Waals surface area contributed by atoms with Crippen LogP contribution in [0.2, 0.25) is 5.02 Å². The molecule has 2 aromatic rings. The summed E-state index contributed by atoms with van der Waals surface area (Å²) in [6.07, 6.45) is 2.10. The predicted molar refractivity (Wildman–Crippen MR) is 81.7 cm³/mol. The summed E-state index contributed by atoms with van der Waals surface area (Å²) in [5, 5.41) is 4.29. The van der Waals surface area contributed by atoms with E-state index in [-0.39, 0.29) is 0 Å². The minimum absolute atomic E-state index is 0.492. The van der Waals surface area contributed by atoms with Crippen LogP contribution in [-0.2, 0) is 13.1 Å². The maximum atomic E-state index is 6.30. The smallest absolute Gasteiger partial charge is 0.0488 e. The number of aryl methyl sites for hydroxylation is 1. The third-order valence-electron chi connectivity index (χ3n) is 3.16. The normalized spacial score (nSPS) is 11.2. The maximum absolute atomic E-state index is 6.30. The van der Waals surface area contributed by atoms with Crippen molar-refractivity contribution in [3.8, 4) is 0 Å². The second-order valence-corrected chi connectivity index (χ2v) is 5.67. The second-order valence-electron chi connectivity index (χ2n) is 5.26. The Morgan fingerprint density at radius 2 is 2.05 bits per heavy atom. The Morgan fingerprint density at radius 3 is 2.74 bits per heavy atom. The van der Waals surface area contributed by atoms with Gasteiger partial charge in [0.15, 0.2) is 0 Å². The molecule has 0 spiro atoms. The largest absolute Gasteiger partial charge is 0.346 e. The highest BCUT2D eigenvalue weighted by Gasteiger charge is 2.05. The molecular formula is C16H21ClN2. The van der Waals surface area contributed by atoms with Crippen LogP contribution in [0.4, 0.5) is 0 Å². The zero-order valence-electron chi connectivity index (χ0n) is 11.8. The van der Waals surface area contributed by atoms with Crippen molar-refractivity contribution >= 4 is 11.6 Å². The van der Waals surface area contributed by atoms with Gasteiger partial charge in [-0.3, -0.25) is 0 Å². The van der Waals surface area contributed by atoms with Crippen LogP contribution >= 0.6 is 11.6 Å². The molecule has 0 aliphatic carbocycles. The molecule has 0 aliphatic heterocycles. The van der Waals surface area contributed by atoms with E-state index in [2.05, 4.69) is 61.1 Å². The summed E-state index contributed by atoms with van der Waals surface area (Å²) in [5.41, 5.74) is 3.64. The number of nitrogens with zero attached hydrogens (tertiary/aromatic N) is 1. The van der Waals surface area contributed by atoms with Crippen molar-refractivity contribution < 1.29 is 0 Å². The first-order valence-corrected chi connectivity index (χ1v) is 7.06. The maximum Gasteiger partial charge on any atom is 0.0488 e. The van der Waals surface area contributed by atoms with E-state index in [0.29, 0.717) is 6.04 Å². The highest BCUT2D eigenvalue weighted by molar-refractivity contribution is 6.31. The molecule has 2 rings (SSSR count). The van der Waals surface area contributed by atoms with Gasteiger partial charge in [-0.1, -0.05) is 37.6 Å². The van der Waals surface area contributed by atoms with E-state index < -0.39 is 0 Å². The Hall–Kier alpha value is -1.25. The fourth-order valence-corrected chi connectivity index (χ4v) is 2.33. The van der Waals surface area contributed by atoms with Gasteiger partial charge >= 0.3 is 0 Å². The van der Waals surface area contributed by atoms with Crippen LogP contribution in [0, 0.1) is 6.92 Å². The van der Waals surface area contributed by atoms with Crippen LogP contribution in [0.3, 0.4) is 0 Å². The molecule has 0 unspecified atom stereocenters. The van der Waals surface area contributed by atoms with Gasteiger partial charge in [0.2, 0.25) is 0 Å². The van der Waals surface area contributed by atoms with Crippen LogP contribution < -0.4 is 5.32 Å². The quantitative estimate of drug-likeness (QED) is 0.874. The lowest BCUT2D eigenvalue weighted by molar-refractivity contribution is 0.564. The molecule has 0 saturated carbocycles. The molecule has 0 amide bonds. The Morgan fingerprint density at radius 1 is 1.26 bits per heavy atom. The highest BCUT2D eigenvalue weighted by Crippen LogP contribution is 2.19. The van der Waals surface area contributed by atoms with E-state index in [0.717, 1.165) is 23.7 Å². The molecule has 1 N–H and O–H groups in total. The van der Waals surface area contributed by atoms with Gasteiger partial charge in [-0.25, -0.2) is 0 Å². The van der Waals surface area contributed by atoms with Gasteiger partial charge < -0.3 is 9.88 Å². The van der Waals surface area contributed by atoms with E-state index in [1.54, 1.807) is 0 Å². The molecular weight excluding hydrogens is 256 g/mol. The minimum atomic E-state index is 0.492. The lowest BCUT2D eigenvalue weighted by Crippen LogP contribution is -2.23. The number of hydrogen-bond donors (Lipinski definition) is 1. The molecule has 0 aliphatic rings. The Balaban J connectivity index is 2.12. The summed E-state index contributed by atoms with van der Waals surface area (Å²) in [5.74, 6) is 0. The average molecular weight is 277 g/mol. The van der Waals surface area contributed by atoms with Gasteiger partial charge in [0.25, 0.3) is 0 Å². The summed E-state index contributed by atoms with van der Waals surface area (Å²) in [6, 6.07) is 11.0. The Bertz CT molecular complexity index is 543. The molecule has 1 heterocycles. The van der Waals surface area contributed by atoms with Crippen LogP contribution in [0.1, 0.15) is 30.7 Å². The predicted octanol–water partition coefficient (Wildman–Crippen LogP) is 4.00. The van der Waals surface area contributed by atoms with Gasteiger partial charge in [0.1, 0.15) is 0 Å². The summed E-state index contributed by atoms with van der Waals surface area (Å²) in [4.78, 5) is 0. The first-order chi connectivity index (χ1) is 9.06. The number of rotatable bonds is 5. The molecule has 0 radical (unpaired) electrons. The number of halogens is 1. The first kappa shape index (κ1) is 14.2. The SMILES string of the molecule is Cc1ccc(Cn2cccc2CNC(C)C)c(Cl)c1. The molecule has 0 saturated heterocycles. The molecule has 1 aromatic heterocycles. The van der Waals surface area contributed by atoms with Crippen molar-refractivity contribution in [2.75, 3.05) is 0 Å². The van der Waals surface area contributed by atoms with Gasteiger partial charge in [-0.2, -0.15) is 0 Å². The van der Waals surface area contributed by atoms with E-state index >= 15 is 0 Å². The fourth-order valence-electron chi connectivity index (χ4n) is 2.04. The van der Waals surface area contributed by atoms with Crippen molar-refractivity contribution in [1.82, 2.24) is 9.88 Å². The summed E-state index contributed by atoms with van der Waals surface area (Å²) in [6.45, 7) is 8.08. The molecule has 102 valence electrons. The third kappa shape index (κ3) is 3.85. The number of aromatic nitrogens is 1. The lowest BCUT2D eigenvalue weighted by Gasteiger charge is -2.13. The van der Waals surface area contributed by atoms with Crippen molar-refractivity contribution in [3.05, 3.63) is 58.4 Å². The number of nitrogens with one attached hydrogen (secondary N) is 1. The van der Waals surface area contributed by atoms with Crippen LogP contribution in [0.5, 0.6) is 0 Å². The van der Waals surface area contributed by atoms with Gasteiger partial charge in [-0.05, 0) is 36.2 Å². The van der Waals surface area contributed by atoms with Crippen molar-refractivity contribution in [2.45, 2.75) is 39.9 Å². The average Bonchev–Trinajstić information content (AvgIpc) is 2.77. The second kappa shape index (κ2) is 6.27. The monoisotopic (exact) mass is 276 g/mol. The summed E-state index contributed by atoms with van der Waals surface area (Å²) < 4.78 is 2.24. The van der Waals surface area contributed by atoms with Gasteiger partial charge in [-0.15, -0.1) is 0 Å². The van der Waals surface area contributed by atoms with Crippen molar-refractivity contribution in [1.29, 1.82) is 0 Å². The Labute approximate surface area is 120 Å².